The van der Waals surface area contributed by atoms with Crippen molar-refractivity contribution < 1.29 is 19.1 Å². The summed E-state index contributed by atoms with van der Waals surface area (Å²) in [5.41, 5.74) is 0.131. The van der Waals surface area contributed by atoms with Crippen molar-refractivity contribution in [3.63, 3.8) is 0 Å². The Morgan fingerprint density at radius 2 is 2.06 bits per heavy atom. The molecule has 0 atom stereocenters. The highest BCUT2D eigenvalue weighted by atomic mass is 127. The zero-order valence-corrected chi connectivity index (χ0v) is 10.9. The summed E-state index contributed by atoms with van der Waals surface area (Å²) >= 11 is 2.21. The lowest BCUT2D eigenvalue weighted by atomic mass is 10.3. The zero-order valence-electron chi connectivity index (χ0n) is 8.72. The van der Waals surface area contributed by atoms with Gasteiger partial charge >= 0.3 is 5.97 Å². The van der Waals surface area contributed by atoms with Crippen LogP contribution in [0.15, 0.2) is 41.0 Å². The Morgan fingerprint density at radius 1 is 1.35 bits per heavy atom. The summed E-state index contributed by atoms with van der Waals surface area (Å²) in [5, 5.41) is 8.71. The minimum atomic E-state index is -1.01. The topological polar surface area (TPSA) is 59.7 Å². The first kappa shape index (κ1) is 12.0. The fourth-order valence-corrected chi connectivity index (χ4v) is 1.61. The molecule has 1 N–H and O–H groups in total. The number of furan rings is 1. The van der Waals surface area contributed by atoms with Gasteiger partial charge in [0.15, 0.2) is 0 Å². The number of carboxylic acids is 1. The van der Waals surface area contributed by atoms with Crippen LogP contribution in [0.3, 0.4) is 0 Å². The highest BCUT2D eigenvalue weighted by Crippen LogP contribution is 2.16. The van der Waals surface area contributed by atoms with Crippen LogP contribution >= 0.6 is 22.6 Å². The van der Waals surface area contributed by atoms with E-state index in [4.69, 9.17) is 14.3 Å². The summed E-state index contributed by atoms with van der Waals surface area (Å²) in [4.78, 5) is 10.6. The summed E-state index contributed by atoms with van der Waals surface area (Å²) in [7, 11) is 0. The molecule has 0 aliphatic rings. The van der Waals surface area contributed by atoms with Crippen LogP contribution in [0, 0.1) is 3.57 Å². The van der Waals surface area contributed by atoms with Crippen molar-refractivity contribution in [1.82, 2.24) is 0 Å². The fraction of sp³-hybridized carbons (Fsp3) is 0.0833. The molecule has 4 nitrogen and oxygen atoms in total. The van der Waals surface area contributed by atoms with Crippen LogP contribution in [0.5, 0.6) is 5.75 Å². The molecule has 0 bridgehead atoms. The number of hydrogen-bond acceptors (Lipinski definition) is 3. The summed E-state index contributed by atoms with van der Waals surface area (Å²) < 4.78 is 11.6. The number of carbonyl (C=O) groups is 1. The van der Waals surface area contributed by atoms with Gasteiger partial charge in [-0.3, -0.25) is 0 Å². The van der Waals surface area contributed by atoms with Crippen molar-refractivity contribution >= 4 is 28.6 Å². The van der Waals surface area contributed by atoms with Crippen molar-refractivity contribution in [3.05, 3.63) is 51.5 Å². The number of halogens is 1. The Labute approximate surface area is 111 Å². The third kappa shape index (κ3) is 3.23. The summed E-state index contributed by atoms with van der Waals surface area (Å²) in [6.45, 7) is 0.216. The maximum absolute atomic E-state index is 10.6. The van der Waals surface area contributed by atoms with E-state index in [0.29, 0.717) is 5.76 Å². The Hall–Kier alpha value is -1.50. The predicted molar refractivity (Wildman–Crippen MR) is 69.2 cm³/mol. The highest BCUT2D eigenvalue weighted by Gasteiger charge is 2.08. The number of ether oxygens (including phenoxy) is 1. The standard InChI is InChI=1S/C12H9IO4/c13-9-1-3-10(4-2-9)17-7-11-5-8(6-16-11)12(14)15/h1-6H,7H2,(H,14,15). The number of benzene rings is 1. The van der Waals surface area contributed by atoms with E-state index < -0.39 is 5.97 Å². The van der Waals surface area contributed by atoms with Gasteiger partial charge in [-0.1, -0.05) is 0 Å². The smallest absolute Gasteiger partial charge is 0.338 e. The molecule has 0 amide bonds. The van der Waals surface area contributed by atoms with Gasteiger partial charge in [0.25, 0.3) is 0 Å². The quantitative estimate of drug-likeness (QED) is 0.866. The Morgan fingerprint density at radius 3 is 2.65 bits per heavy atom. The molecule has 1 heterocycles. The second-order valence-corrected chi connectivity index (χ2v) is 4.60. The molecular weight excluding hydrogens is 335 g/mol. The molecule has 0 spiro atoms. The van der Waals surface area contributed by atoms with E-state index >= 15 is 0 Å². The highest BCUT2D eigenvalue weighted by molar-refractivity contribution is 14.1. The van der Waals surface area contributed by atoms with E-state index in [-0.39, 0.29) is 12.2 Å². The molecule has 0 aliphatic heterocycles. The molecule has 17 heavy (non-hydrogen) atoms. The molecule has 0 saturated heterocycles. The maximum atomic E-state index is 10.6. The lowest BCUT2D eigenvalue weighted by Crippen LogP contribution is -1.95. The fourth-order valence-electron chi connectivity index (χ4n) is 1.25. The number of aromatic carboxylic acids is 1. The first-order valence-electron chi connectivity index (χ1n) is 4.84. The van der Waals surface area contributed by atoms with Crippen LogP contribution in [-0.2, 0) is 6.61 Å². The maximum Gasteiger partial charge on any atom is 0.338 e. The van der Waals surface area contributed by atoms with Crippen LogP contribution in [0.4, 0.5) is 0 Å². The molecule has 0 unspecified atom stereocenters. The zero-order chi connectivity index (χ0) is 12.3. The SMILES string of the molecule is O=C(O)c1coc(COc2ccc(I)cc2)c1. The van der Waals surface area contributed by atoms with Crippen LogP contribution in [0.1, 0.15) is 16.1 Å². The monoisotopic (exact) mass is 344 g/mol. The van der Waals surface area contributed by atoms with E-state index in [1.165, 1.54) is 12.3 Å². The van der Waals surface area contributed by atoms with Crippen LogP contribution in [0.25, 0.3) is 0 Å². The normalized spacial score (nSPS) is 10.2. The largest absolute Gasteiger partial charge is 0.486 e. The molecule has 88 valence electrons. The summed E-state index contributed by atoms with van der Waals surface area (Å²) in [6, 6.07) is 9.02. The van der Waals surface area contributed by atoms with Gasteiger partial charge in [0.1, 0.15) is 24.4 Å². The van der Waals surface area contributed by atoms with E-state index in [1.807, 2.05) is 24.3 Å². The lowest BCUT2D eigenvalue weighted by molar-refractivity contribution is 0.0696. The molecule has 2 aromatic rings. The predicted octanol–water partition coefficient (Wildman–Crippen LogP) is 3.16. The number of carboxylic acid groups (broad SMARTS) is 1. The van der Waals surface area contributed by atoms with Gasteiger partial charge in [-0.15, -0.1) is 0 Å². The average Bonchev–Trinajstić information content (AvgIpc) is 2.77. The van der Waals surface area contributed by atoms with Gasteiger partial charge in [-0.25, -0.2) is 4.79 Å². The summed E-state index contributed by atoms with van der Waals surface area (Å²) in [6.07, 6.45) is 1.20. The molecule has 1 aromatic heterocycles. The number of hydrogen-bond donors (Lipinski definition) is 1. The molecule has 5 heteroatoms. The molecular formula is C12H9IO4. The van der Waals surface area contributed by atoms with Crippen LogP contribution in [0.2, 0.25) is 0 Å². The molecule has 0 radical (unpaired) electrons. The first-order chi connectivity index (χ1) is 8.15. The van der Waals surface area contributed by atoms with Crippen molar-refractivity contribution in [1.29, 1.82) is 0 Å². The van der Waals surface area contributed by atoms with E-state index in [2.05, 4.69) is 22.6 Å². The van der Waals surface area contributed by atoms with E-state index in [9.17, 15) is 4.79 Å². The van der Waals surface area contributed by atoms with Crippen molar-refractivity contribution in [3.8, 4) is 5.75 Å². The Kier molecular flexibility index (Phi) is 3.68. The minimum Gasteiger partial charge on any atom is -0.486 e. The van der Waals surface area contributed by atoms with Crippen LogP contribution in [-0.4, -0.2) is 11.1 Å². The Bertz CT molecular complexity index is 516. The molecule has 2 rings (SSSR count). The van der Waals surface area contributed by atoms with Gasteiger partial charge in [0.2, 0.25) is 0 Å². The van der Waals surface area contributed by atoms with Crippen molar-refractivity contribution in [2.75, 3.05) is 0 Å². The lowest BCUT2D eigenvalue weighted by Gasteiger charge is -2.03. The van der Waals surface area contributed by atoms with Crippen LogP contribution < -0.4 is 4.74 Å². The van der Waals surface area contributed by atoms with Crippen molar-refractivity contribution in [2.24, 2.45) is 0 Å². The van der Waals surface area contributed by atoms with Gasteiger partial charge in [0, 0.05) is 3.57 Å². The molecule has 1 aromatic carbocycles. The third-order valence-electron chi connectivity index (χ3n) is 2.10. The van der Waals surface area contributed by atoms with Gasteiger partial charge in [-0.05, 0) is 52.9 Å². The van der Waals surface area contributed by atoms with Gasteiger partial charge in [0.05, 0.1) is 5.56 Å². The van der Waals surface area contributed by atoms with E-state index in [1.54, 1.807) is 0 Å². The summed E-state index contributed by atoms with van der Waals surface area (Å²) in [5.74, 6) is 0.203. The number of rotatable bonds is 4. The first-order valence-corrected chi connectivity index (χ1v) is 5.92. The average molecular weight is 344 g/mol. The second kappa shape index (κ2) is 5.22. The Balaban J connectivity index is 1.97. The molecule has 0 aliphatic carbocycles. The molecule has 0 saturated carbocycles. The van der Waals surface area contributed by atoms with Crippen molar-refractivity contribution in [2.45, 2.75) is 6.61 Å². The van der Waals surface area contributed by atoms with Gasteiger partial charge < -0.3 is 14.3 Å². The molecule has 0 fully saturated rings. The third-order valence-corrected chi connectivity index (χ3v) is 2.81. The van der Waals surface area contributed by atoms with E-state index in [0.717, 1.165) is 9.32 Å². The minimum absolute atomic E-state index is 0.131. The van der Waals surface area contributed by atoms with Gasteiger partial charge in [-0.2, -0.15) is 0 Å². The second-order valence-electron chi connectivity index (χ2n) is 3.35.